The summed E-state index contributed by atoms with van der Waals surface area (Å²) < 4.78 is 1.13. The van der Waals surface area contributed by atoms with E-state index in [9.17, 15) is 0 Å². The van der Waals surface area contributed by atoms with Crippen molar-refractivity contribution in [2.75, 3.05) is 0 Å². The van der Waals surface area contributed by atoms with E-state index in [0.29, 0.717) is 0 Å². The highest BCUT2D eigenvalue weighted by atomic mass is 79.9. The summed E-state index contributed by atoms with van der Waals surface area (Å²) in [6.45, 7) is 2.20. The van der Waals surface area contributed by atoms with Gasteiger partial charge in [-0.05, 0) is 45.6 Å². The number of hydrogen-bond acceptors (Lipinski definition) is 2. The van der Waals surface area contributed by atoms with Gasteiger partial charge in [0.2, 0.25) is 0 Å². The van der Waals surface area contributed by atoms with E-state index in [-0.39, 0.29) is 6.04 Å². The summed E-state index contributed by atoms with van der Waals surface area (Å²) in [6.07, 6.45) is 2.32. The summed E-state index contributed by atoms with van der Waals surface area (Å²) in [5, 5.41) is 0. The van der Waals surface area contributed by atoms with Crippen molar-refractivity contribution >= 4 is 27.3 Å². The predicted octanol–water partition coefficient (Wildman–Crippen LogP) is 4.51. The lowest BCUT2D eigenvalue weighted by Crippen LogP contribution is -2.09. The van der Waals surface area contributed by atoms with Gasteiger partial charge in [0.1, 0.15) is 0 Å². The van der Waals surface area contributed by atoms with Gasteiger partial charge in [0, 0.05) is 4.88 Å². The van der Waals surface area contributed by atoms with Gasteiger partial charge < -0.3 is 5.73 Å². The first-order valence-corrected chi connectivity index (χ1v) is 7.41. The van der Waals surface area contributed by atoms with Crippen molar-refractivity contribution in [2.45, 2.75) is 25.8 Å². The fraction of sp³-hybridized carbons (Fsp3) is 0.286. The number of benzene rings is 1. The molecule has 0 radical (unpaired) electrons. The Morgan fingerprint density at radius 3 is 2.41 bits per heavy atom. The predicted molar refractivity (Wildman–Crippen MR) is 78.5 cm³/mol. The van der Waals surface area contributed by atoms with Crippen LogP contribution in [0.1, 0.15) is 35.4 Å². The van der Waals surface area contributed by atoms with Crippen molar-refractivity contribution < 1.29 is 0 Å². The maximum Gasteiger partial charge on any atom is 0.0702 e. The van der Waals surface area contributed by atoms with Crippen LogP contribution in [0.4, 0.5) is 0 Å². The van der Waals surface area contributed by atoms with Gasteiger partial charge in [-0.1, -0.05) is 37.6 Å². The molecule has 3 heteroatoms. The van der Waals surface area contributed by atoms with Crippen molar-refractivity contribution in [1.82, 2.24) is 0 Å². The van der Waals surface area contributed by atoms with Gasteiger partial charge in [-0.2, -0.15) is 0 Å². The maximum absolute atomic E-state index is 6.24. The molecule has 0 aliphatic rings. The van der Waals surface area contributed by atoms with Gasteiger partial charge in [0.15, 0.2) is 0 Å². The van der Waals surface area contributed by atoms with Crippen LogP contribution >= 0.6 is 27.3 Å². The van der Waals surface area contributed by atoms with Crippen molar-refractivity contribution in [3.05, 3.63) is 56.2 Å². The first kappa shape index (κ1) is 12.8. The Morgan fingerprint density at radius 1 is 1.18 bits per heavy atom. The number of nitrogens with two attached hydrogens (primary N) is 1. The molecule has 1 unspecified atom stereocenters. The standard InChI is InChI=1S/C14H16BrNS/c1-2-3-10-4-6-11(7-5-10)14(16)12-8-9-13(15)17-12/h4-9,14H,2-3,16H2,1H3. The highest BCUT2D eigenvalue weighted by molar-refractivity contribution is 9.11. The summed E-state index contributed by atoms with van der Waals surface area (Å²) in [7, 11) is 0. The summed E-state index contributed by atoms with van der Waals surface area (Å²) in [4.78, 5) is 1.19. The second-order valence-electron chi connectivity index (χ2n) is 4.11. The van der Waals surface area contributed by atoms with Gasteiger partial charge in [0.05, 0.1) is 9.83 Å². The molecule has 90 valence electrons. The largest absolute Gasteiger partial charge is 0.320 e. The van der Waals surface area contributed by atoms with Crippen LogP contribution in [-0.4, -0.2) is 0 Å². The average molecular weight is 310 g/mol. The van der Waals surface area contributed by atoms with E-state index in [1.54, 1.807) is 11.3 Å². The van der Waals surface area contributed by atoms with E-state index in [0.717, 1.165) is 10.2 Å². The average Bonchev–Trinajstić information content (AvgIpc) is 2.76. The van der Waals surface area contributed by atoms with Crippen LogP contribution < -0.4 is 5.73 Å². The quantitative estimate of drug-likeness (QED) is 0.883. The number of hydrogen-bond donors (Lipinski definition) is 1. The zero-order chi connectivity index (χ0) is 12.3. The molecule has 1 atom stereocenters. The van der Waals surface area contributed by atoms with E-state index in [4.69, 9.17) is 5.73 Å². The third kappa shape index (κ3) is 3.18. The van der Waals surface area contributed by atoms with Crippen LogP contribution in [0.15, 0.2) is 40.2 Å². The van der Waals surface area contributed by atoms with Gasteiger partial charge in [-0.15, -0.1) is 11.3 Å². The van der Waals surface area contributed by atoms with Crippen LogP contribution in [0.3, 0.4) is 0 Å². The van der Waals surface area contributed by atoms with E-state index in [2.05, 4.69) is 53.2 Å². The number of halogens is 1. The number of rotatable bonds is 4. The van der Waals surface area contributed by atoms with E-state index in [1.807, 2.05) is 6.07 Å². The van der Waals surface area contributed by atoms with Crippen molar-refractivity contribution in [3.63, 3.8) is 0 Å². The molecule has 1 heterocycles. The maximum atomic E-state index is 6.24. The van der Waals surface area contributed by atoms with E-state index in [1.165, 1.54) is 22.4 Å². The monoisotopic (exact) mass is 309 g/mol. The smallest absolute Gasteiger partial charge is 0.0702 e. The zero-order valence-corrected chi connectivity index (χ0v) is 12.2. The topological polar surface area (TPSA) is 26.0 Å². The Hall–Kier alpha value is -0.640. The molecule has 1 aromatic carbocycles. The Balaban J connectivity index is 2.16. The van der Waals surface area contributed by atoms with Crippen molar-refractivity contribution in [3.8, 4) is 0 Å². The van der Waals surface area contributed by atoms with Gasteiger partial charge in [-0.3, -0.25) is 0 Å². The second-order valence-corrected chi connectivity index (χ2v) is 6.61. The molecule has 2 rings (SSSR count). The fourth-order valence-corrected chi connectivity index (χ4v) is 3.29. The summed E-state index contributed by atoms with van der Waals surface area (Å²) in [5.41, 5.74) is 8.81. The minimum Gasteiger partial charge on any atom is -0.320 e. The molecule has 1 nitrogen and oxygen atoms in total. The van der Waals surface area contributed by atoms with E-state index < -0.39 is 0 Å². The van der Waals surface area contributed by atoms with Crippen LogP contribution in [0.5, 0.6) is 0 Å². The normalized spacial score (nSPS) is 12.6. The Bertz CT molecular complexity index is 475. The fourth-order valence-electron chi connectivity index (χ4n) is 1.84. The molecule has 2 aromatic rings. The molecule has 0 aliphatic carbocycles. The van der Waals surface area contributed by atoms with Crippen LogP contribution in [0.25, 0.3) is 0 Å². The lowest BCUT2D eigenvalue weighted by Gasteiger charge is -2.10. The molecule has 0 saturated heterocycles. The molecule has 0 bridgehead atoms. The molecule has 2 N–H and O–H groups in total. The molecular formula is C14H16BrNS. The van der Waals surface area contributed by atoms with Crippen LogP contribution in [0.2, 0.25) is 0 Å². The molecule has 0 saturated carbocycles. The summed E-state index contributed by atoms with van der Waals surface area (Å²) in [5.74, 6) is 0. The first-order valence-electron chi connectivity index (χ1n) is 5.80. The van der Waals surface area contributed by atoms with Crippen molar-refractivity contribution in [2.24, 2.45) is 5.73 Å². The van der Waals surface area contributed by atoms with Gasteiger partial charge >= 0.3 is 0 Å². The number of aryl methyl sites for hydroxylation is 1. The third-order valence-corrected chi connectivity index (χ3v) is 4.48. The molecule has 0 amide bonds. The zero-order valence-electron chi connectivity index (χ0n) is 9.82. The van der Waals surface area contributed by atoms with Crippen LogP contribution in [-0.2, 0) is 6.42 Å². The molecule has 0 fully saturated rings. The minimum atomic E-state index is -0.0121. The summed E-state index contributed by atoms with van der Waals surface area (Å²) >= 11 is 5.16. The number of thiophene rings is 1. The molecular weight excluding hydrogens is 294 g/mol. The highest BCUT2D eigenvalue weighted by Gasteiger charge is 2.10. The van der Waals surface area contributed by atoms with Crippen molar-refractivity contribution in [1.29, 1.82) is 0 Å². The van der Waals surface area contributed by atoms with Gasteiger partial charge in [-0.25, -0.2) is 0 Å². The lowest BCUT2D eigenvalue weighted by atomic mass is 10.0. The Labute approximate surface area is 115 Å². The van der Waals surface area contributed by atoms with Crippen LogP contribution in [0, 0.1) is 0 Å². The van der Waals surface area contributed by atoms with Gasteiger partial charge in [0.25, 0.3) is 0 Å². The Morgan fingerprint density at radius 2 is 1.88 bits per heavy atom. The molecule has 17 heavy (non-hydrogen) atoms. The minimum absolute atomic E-state index is 0.0121. The second kappa shape index (κ2) is 5.80. The lowest BCUT2D eigenvalue weighted by molar-refractivity contribution is 0.883. The SMILES string of the molecule is CCCc1ccc(C(N)c2ccc(Br)s2)cc1. The third-order valence-electron chi connectivity index (χ3n) is 2.78. The molecule has 0 aliphatic heterocycles. The summed E-state index contributed by atoms with van der Waals surface area (Å²) in [6, 6.07) is 12.8. The molecule has 1 aromatic heterocycles. The van der Waals surface area contributed by atoms with E-state index >= 15 is 0 Å². The highest BCUT2D eigenvalue weighted by Crippen LogP contribution is 2.29. The first-order chi connectivity index (χ1) is 8.20. The Kier molecular flexibility index (Phi) is 4.37. The molecule has 0 spiro atoms.